The maximum absolute atomic E-state index is 17.0. The van der Waals surface area contributed by atoms with Crippen LogP contribution < -0.4 is 24.3 Å². The van der Waals surface area contributed by atoms with Crippen LogP contribution in [0.5, 0.6) is 11.5 Å². The molecule has 2 amide bonds. The molecule has 1 saturated carbocycles. The summed E-state index contributed by atoms with van der Waals surface area (Å²) in [5.41, 5.74) is 5.01. The third-order valence-electron chi connectivity index (χ3n) is 12.8. The van der Waals surface area contributed by atoms with Crippen molar-refractivity contribution in [2.45, 2.75) is 17.9 Å². The number of thiocarbonyl (C=S) groups is 1. The zero-order chi connectivity index (χ0) is 43.8. The van der Waals surface area contributed by atoms with E-state index in [1.807, 2.05) is 176 Å². The van der Waals surface area contributed by atoms with Gasteiger partial charge >= 0.3 is 0 Å². The molecule has 1 spiro atoms. The molecule has 3 aliphatic rings. The van der Waals surface area contributed by atoms with Crippen molar-refractivity contribution in [1.82, 2.24) is 0 Å². The van der Waals surface area contributed by atoms with Gasteiger partial charge in [0.2, 0.25) is 0 Å². The van der Waals surface area contributed by atoms with Gasteiger partial charge in [-0.15, -0.1) is 0 Å². The number of hydrogen-bond donors (Lipinski definition) is 0. The molecule has 2 fully saturated rings. The number of anilines is 3. The van der Waals surface area contributed by atoms with Crippen LogP contribution in [0.15, 0.2) is 211 Å². The van der Waals surface area contributed by atoms with Gasteiger partial charge in [0, 0.05) is 17.8 Å². The van der Waals surface area contributed by atoms with E-state index in [1.165, 1.54) is 0 Å². The quantitative estimate of drug-likeness (QED) is 0.106. The number of hydrazone groups is 1. The Kier molecular flexibility index (Phi) is 10.7. The van der Waals surface area contributed by atoms with E-state index < -0.39 is 41.0 Å². The Hall–Kier alpha value is -7.62. The Morgan fingerprint density at radius 2 is 0.969 bits per heavy atom. The van der Waals surface area contributed by atoms with Crippen molar-refractivity contribution in [2.75, 3.05) is 29.0 Å². The van der Waals surface area contributed by atoms with E-state index in [1.54, 1.807) is 24.0 Å². The highest BCUT2D eigenvalue weighted by molar-refractivity contribution is 7.81. The van der Waals surface area contributed by atoms with Gasteiger partial charge in [-0.2, -0.15) is 5.10 Å². The highest BCUT2D eigenvalue weighted by Gasteiger charge is 2.72. The number of nitrogens with zero attached hydrogens (tertiary/aromatic N) is 4. The SMILES string of the molecule is COc1ccc(C2/C(=C/c3ccccc3)C3=NN(c4ccccc4)C(c4ccccc4)C3C(c3ccc(OC)cc3)C23C(=O)N(c2ccccc2)C(=S)N(c2ccccc2)C3=O)cc1. The summed E-state index contributed by atoms with van der Waals surface area (Å²) >= 11 is 6.34. The molecule has 2 aliphatic heterocycles. The first kappa shape index (κ1) is 40.5. The number of amides is 2. The molecule has 4 atom stereocenters. The fourth-order valence-electron chi connectivity index (χ4n) is 10.1. The van der Waals surface area contributed by atoms with Crippen LogP contribution in [0.4, 0.5) is 17.1 Å². The van der Waals surface area contributed by atoms with Gasteiger partial charge in [-0.25, -0.2) is 0 Å². The molecule has 1 saturated heterocycles. The van der Waals surface area contributed by atoms with E-state index in [9.17, 15) is 0 Å². The van der Waals surface area contributed by atoms with Crippen LogP contribution in [0.25, 0.3) is 6.08 Å². The fraction of sp³-hybridized carbons (Fsp3) is 0.127. The molecule has 4 unspecified atom stereocenters. The van der Waals surface area contributed by atoms with E-state index in [-0.39, 0.29) is 5.11 Å². The number of methoxy groups -OCH3 is 2. The van der Waals surface area contributed by atoms with Crippen molar-refractivity contribution in [1.29, 1.82) is 0 Å². The number of carbonyl (C=O) groups excluding carboxylic acids is 2. The summed E-state index contributed by atoms with van der Waals surface area (Å²) in [5, 5.41) is 7.85. The summed E-state index contributed by atoms with van der Waals surface area (Å²) in [7, 11) is 3.26. The van der Waals surface area contributed by atoms with Gasteiger partial charge < -0.3 is 9.47 Å². The first-order valence-electron chi connectivity index (χ1n) is 21.3. The van der Waals surface area contributed by atoms with Crippen LogP contribution in [0, 0.1) is 11.3 Å². The summed E-state index contributed by atoms with van der Waals surface area (Å²) in [6.07, 6.45) is 2.12. The monoisotopic (exact) mass is 856 g/mol. The van der Waals surface area contributed by atoms with Crippen LogP contribution in [-0.4, -0.2) is 36.9 Å². The van der Waals surface area contributed by atoms with E-state index >= 15 is 9.59 Å². The highest BCUT2D eigenvalue weighted by atomic mass is 32.1. The van der Waals surface area contributed by atoms with E-state index in [4.69, 9.17) is 26.8 Å². The molecular formula is C55H44N4O4S. The molecule has 10 rings (SSSR count). The van der Waals surface area contributed by atoms with E-state index in [0.717, 1.165) is 39.2 Å². The van der Waals surface area contributed by atoms with Gasteiger partial charge in [0.15, 0.2) is 5.11 Å². The summed E-state index contributed by atoms with van der Waals surface area (Å²) < 4.78 is 11.4. The summed E-state index contributed by atoms with van der Waals surface area (Å²) in [6, 6.07) is 64.4. The van der Waals surface area contributed by atoms with Crippen LogP contribution in [0.1, 0.15) is 40.1 Å². The Labute approximate surface area is 378 Å². The molecule has 9 heteroatoms. The number of allylic oxidation sites excluding steroid dienone is 1. The topological polar surface area (TPSA) is 74.7 Å². The molecule has 314 valence electrons. The Morgan fingerprint density at radius 3 is 1.45 bits per heavy atom. The fourth-order valence-corrected chi connectivity index (χ4v) is 10.4. The minimum Gasteiger partial charge on any atom is -0.497 e. The predicted octanol–water partition coefficient (Wildman–Crippen LogP) is 11.3. The van der Waals surface area contributed by atoms with Crippen molar-refractivity contribution < 1.29 is 19.1 Å². The summed E-state index contributed by atoms with van der Waals surface area (Å²) in [6.45, 7) is 0. The Bertz CT molecular complexity index is 2810. The number of benzene rings is 7. The molecule has 7 aromatic rings. The molecule has 1 aliphatic carbocycles. The van der Waals surface area contributed by atoms with Gasteiger partial charge in [-0.05, 0) is 107 Å². The molecular weight excluding hydrogens is 813 g/mol. The summed E-state index contributed by atoms with van der Waals surface area (Å²) in [5.74, 6) is -1.88. The lowest BCUT2D eigenvalue weighted by Crippen LogP contribution is -2.71. The predicted molar refractivity (Wildman–Crippen MR) is 258 cm³/mol. The van der Waals surface area contributed by atoms with Crippen molar-refractivity contribution >= 4 is 58.0 Å². The average molecular weight is 857 g/mol. The molecule has 0 N–H and O–H groups in total. The zero-order valence-electron chi connectivity index (χ0n) is 35.3. The number of para-hydroxylation sites is 3. The van der Waals surface area contributed by atoms with E-state index in [0.29, 0.717) is 22.9 Å². The minimum absolute atomic E-state index is 0.0741. The second-order valence-corrected chi connectivity index (χ2v) is 16.5. The first-order chi connectivity index (χ1) is 31.4. The van der Waals surface area contributed by atoms with Gasteiger partial charge in [-0.3, -0.25) is 24.4 Å². The zero-order valence-corrected chi connectivity index (χ0v) is 36.1. The number of fused-ring (bicyclic) bond motifs is 1. The maximum atomic E-state index is 17.0. The lowest BCUT2D eigenvalue weighted by atomic mass is 9.48. The number of rotatable bonds is 9. The van der Waals surface area contributed by atoms with Crippen LogP contribution >= 0.6 is 12.2 Å². The molecule has 2 heterocycles. The normalized spacial score (nSPS) is 20.9. The first-order valence-corrected chi connectivity index (χ1v) is 21.7. The lowest BCUT2D eigenvalue weighted by molar-refractivity contribution is -0.144. The van der Waals surface area contributed by atoms with Crippen molar-refractivity contribution in [3.63, 3.8) is 0 Å². The molecule has 0 bridgehead atoms. The Morgan fingerprint density at radius 1 is 0.531 bits per heavy atom. The van der Waals surface area contributed by atoms with Crippen LogP contribution in [0.3, 0.4) is 0 Å². The second-order valence-electron chi connectivity index (χ2n) is 16.1. The lowest BCUT2D eigenvalue weighted by Gasteiger charge is -2.57. The molecule has 0 radical (unpaired) electrons. The smallest absolute Gasteiger partial charge is 0.250 e. The number of hydrogen-bond acceptors (Lipinski definition) is 7. The largest absolute Gasteiger partial charge is 0.497 e. The molecule has 0 aromatic heterocycles. The van der Waals surface area contributed by atoms with Crippen LogP contribution in [-0.2, 0) is 9.59 Å². The van der Waals surface area contributed by atoms with Crippen molar-refractivity contribution in [2.24, 2.45) is 16.4 Å². The second kappa shape index (κ2) is 16.9. The Balaban J connectivity index is 1.39. The van der Waals surface area contributed by atoms with Crippen LogP contribution in [0.2, 0.25) is 0 Å². The standard InChI is InChI=1S/C55H44N4O4S/c1-62-44-32-28-38(29-33-44)48-46(36-37-18-8-3-9-19-37)50-47(51(40-20-10-4-11-21-40)59(56-50)43-26-16-7-17-27-43)49(39-30-34-45(63-2)35-31-39)55(48)52(60)57(41-22-12-5-13-23-41)54(64)58(53(55)61)42-24-14-6-15-25-42/h3-36,47-49,51H,1-2H3/b46-36-. The number of ether oxygens (including phenoxy) is 2. The molecule has 8 nitrogen and oxygen atoms in total. The van der Waals surface area contributed by atoms with Gasteiger partial charge in [0.1, 0.15) is 16.9 Å². The van der Waals surface area contributed by atoms with Crippen molar-refractivity contribution in [3.05, 3.63) is 228 Å². The van der Waals surface area contributed by atoms with Crippen molar-refractivity contribution in [3.8, 4) is 11.5 Å². The molecule has 64 heavy (non-hydrogen) atoms. The minimum atomic E-state index is -1.90. The van der Waals surface area contributed by atoms with Gasteiger partial charge in [-0.1, -0.05) is 140 Å². The third kappa shape index (κ3) is 6.67. The van der Waals surface area contributed by atoms with Gasteiger partial charge in [0.25, 0.3) is 11.8 Å². The number of carbonyl (C=O) groups is 2. The third-order valence-corrected chi connectivity index (χ3v) is 13.1. The maximum Gasteiger partial charge on any atom is 0.250 e. The highest BCUT2D eigenvalue weighted by Crippen LogP contribution is 2.66. The average Bonchev–Trinajstić information content (AvgIpc) is 3.75. The summed E-state index contributed by atoms with van der Waals surface area (Å²) in [4.78, 5) is 37.1. The van der Waals surface area contributed by atoms with Gasteiger partial charge in [0.05, 0.1) is 43.0 Å². The van der Waals surface area contributed by atoms with E-state index in [2.05, 4.69) is 35.4 Å². The molecule has 7 aromatic carbocycles.